The number of aromatic nitrogens is 2. The first-order valence-electron chi connectivity index (χ1n) is 10.7. The van der Waals surface area contributed by atoms with Crippen LogP contribution < -0.4 is 27.4 Å². The molecular weight excluding hydrogens is 450 g/mol. The van der Waals surface area contributed by atoms with Crippen LogP contribution in [0.2, 0.25) is 0 Å². The largest absolute Gasteiger partial charge is 0.480 e. The third kappa shape index (κ3) is 9.95. The highest BCUT2D eigenvalue weighted by molar-refractivity contribution is 5.94. The molecule has 0 fully saturated rings. The average Bonchev–Trinajstić information content (AvgIpc) is 3.26. The van der Waals surface area contributed by atoms with Crippen LogP contribution in [-0.4, -0.2) is 80.6 Å². The summed E-state index contributed by atoms with van der Waals surface area (Å²) in [6, 6.07) is -5.05. The number of aliphatic hydroxyl groups is 1. The Morgan fingerprint density at radius 1 is 1.03 bits per heavy atom. The molecule has 0 aliphatic carbocycles. The number of rotatable bonds is 15. The Morgan fingerprint density at radius 2 is 1.62 bits per heavy atom. The molecule has 0 saturated heterocycles. The predicted molar refractivity (Wildman–Crippen MR) is 119 cm³/mol. The molecule has 4 atom stereocenters. The number of aliphatic hydroxyl groups excluding tert-OH is 1. The number of nitrogens with two attached hydrogens (primary N) is 2. The summed E-state index contributed by atoms with van der Waals surface area (Å²) in [5.41, 5.74) is 11.5. The number of primary amides is 1. The molecule has 1 aromatic heterocycles. The van der Waals surface area contributed by atoms with Crippen molar-refractivity contribution in [3.8, 4) is 0 Å². The summed E-state index contributed by atoms with van der Waals surface area (Å²) < 4.78 is 0. The first-order chi connectivity index (χ1) is 15.9. The Kier molecular flexibility index (Phi) is 11.7. The number of imidazole rings is 1. The van der Waals surface area contributed by atoms with Crippen LogP contribution in [0.5, 0.6) is 0 Å². The van der Waals surface area contributed by atoms with Gasteiger partial charge in [-0.15, -0.1) is 0 Å². The minimum atomic E-state index is -1.45. The Labute approximate surface area is 196 Å². The van der Waals surface area contributed by atoms with Crippen molar-refractivity contribution in [1.82, 2.24) is 25.9 Å². The van der Waals surface area contributed by atoms with Crippen molar-refractivity contribution in [2.75, 3.05) is 6.61 Å². The number of nitrogens with one attached hydrogen (secondary N) is 4. The highest BCUT2D eigenvalue weighted by Crippen LogP contribution is 2.07. The van der Waals surface area contributed by atoms with Crippen molar-refractivity contribution >= 4 is 29.6 Å². The number of carboxylic acid groups (broad SMARTS) is 1. The minimum absolute atomic E-state index is 0.0417. The lowest BCUT2D eigenvalue weighted by atomic mass is 10.0. The highest BCUT2D eigenvalue weighted by atomic mass is 16.4. The van der Waals surface area contributed by atoms with Gasteiger partial charge in [0, 0.05) is 24.7 Å². The topological polar surface area (TPSA) is 243 Å². The van der Waals surface area contributed by atoms with Crippen LogP contribution in [0.1, 0.15) is 38.8 Å². The Morgan fingerprint density at radius 3 is 2.12 bits per heavy atom. The monoisotopic (exact) mass is 483 g/mol. The number of carboxylic acids is 1. The summed E-state index contributed by atoms with van der Waals surface area (Å²) in [7, 11) is 0. The van der Waals surface area contributed by atoms with Crippen molar-refractivity contribution < 1.29 is 34.2 Å². The van der Waals surface area contributed by atoms with Crippen LogP contribution in [0.3, 0.4) is 0 Å². The standard InChI is InChI=1S/C20H33N7O7/c1-10(2)5-14(20(33)34)26-18(31)13(3-4-16(22)29)25-19(32)15(8-28)27-17(30)12(21)6-11-7-23-9-24-11/h7,9-10,12-15,28H,3-6,8,21H2,1-2H3,(H2,22,29)(H,23,24)(H,25,32)(H,26,31)(H,27,30)(H,33,34). The van der Waals surface area contributed by atoms with Crippen molar-refractivity contribution in [3.05, 3.63) is 18.2 Å². The van der Waals surface area contributed by atoms with Gasteiger partial charge in [-0.1, -0.05) is 13.8 Å². The normalized spacial score (nSPS) is 14.5. The molecule has 4 unspecified atom stereocenters. The van der Waals surface area contributed by atoms with Gasteiger partial charge >= 0.3 is 5.97 Å². The van der Waals surface area contributed by atoms with E-state index < -0.39 is 60.4 Å². The molecule has 0 bridgehead atoms. The quantitative estimate of drug-likeness (QED) is 0.127. The van der Waals surface area contributed by atoms with E-state index in [0.717, 1.165) is 0 Å². The lowest BCUT2D eigenvalue weighted by Gasteiger charge is -2.24. The van der Waals surface area contributed by atoms with E-state index in [0.29, 0.717) is 5.69 Å². The van der Waals surface area contributed by atoms with E-state index >= 15 is 0 Å². The van der Waals surface area contributed by atoms with Crippen molar-refractivity contribution in [3.63, 3.8) is 0 Å². The molecule has 1 heterocycles. The second kappa shape index (κ2) is 13.9. The maximum absolute atomic E-state index is 12.7. The van der Waals surface area contributed by atoms with E-state index in [2.05, 4.69) is 25.9 Å². The number of nitrogens with zero attached hydrogens (tertiary/aromatic N) is 1. The average molecular weight is 484 g/mol. The first-order valence-corrected chi connectivity index (χ1v) is 10.7. The summed E-state index contributed by atoms with van der Waals surface area (Å²) >= 11 is 0. The predicted octanol–water partition coefficient (Wildman–Crippen LogP) is -2.88. The van der Waals surface area contributed by atoms with Gasteiger partial charge in [0.2, 0.25) is 23.6 Å². The molecule has 10 N–H and O–H groups in total. The molecule has 0 saturated carbocycles. The number of amides is 4. The van der Waals surface area contributed by atoms with E-state index in [1.807, 2.05) is 0 Å². The number of carbonyl (C=O) groups excluding carboxylic acids is 4. The maximum Gasteiger partial charge on any atom is 0.326 e. The Balaban J connectivity index is 2.85. The van der Waals surface area contributed by atoms with Crippen molar-refractivity contribution in [1.29, 1.82) is 0 Å². The number of hydrogen-bond acceptors (Lipinski definition) is 8. The van der Waals surface area contributed by atoms with Gasteiger partial charge in [-0.25, -0.2) is 9.78 Å². The van der Waals surface area contributed by atoms with E-state index in [-0.39, 0.29) is 31.6 Å². The summed E-state index contributed by atoms with van der Waals surface area (Å²) in [6.45, 7) is 2.75. The Bertz CT molecular complexity index is 844. The SMILES string of the molecule is CC(C)CC(NC(=O)C(CCC(N)=O)NC(=O)C(CO)NC(=O)C(N)Cc1cnc[nH]1)C(=O)O. The second-order valence-electron chi connectivity index (χ2n) is 8.23. The Hall–Kier alpha value is -3.52. The van der Waals surface area contributed by atoms with Gasteiger partial charge in [-0.3, -0.25) is 19.2 Å². The first kappa shape index (κ1) is 28.5. The number of H-pyrrole nitrogens is 1. The number of carbonyl (C=O) groups is 5. The fourth-order valence-electron chi connectivity index (χ4n) is 2.99. The van der Waals surface area contributed by atoms with Crippen LogP contribution in [0.15, 0.2) is 12.5 Å². The third-order valence-corrected chi connectivity index (χ3v) is 4.78. The van der Waals surface area contributed by atoms with Gasteiger partial charge in [-0.05, 0) is 18.8 Å². The van der Waals surface area contributed by atoms with E-state index in [1.54, 1.807) is 13.8 Å². The van der Waals surface area contributed by atoms with E-state index in [9.17, 15) is 34.2 Å². The molecule has 14 nitrogen and oxygen atoms in total. The lowest BCUT2D eigenvalue weighted by Crippen LogP contribution is -2.58. The fraction of sp³-hybridized carbons (Fsp3) is 0.600. The molecule has 190 valence electrons. The number of aliphatic carboxylic acids is 1. The summed E-state index contributed by atoms with van der Waals surface area (Å²) in [4.78, 5) is 66.9. The summed E-state index contributed by atoms with van der Waals surface area (Å²) in [5.74, 6) is -4.54. The second-order valence-corrected chi connectivity index (χ2v) is 8.23. The molecule has 0 aromatic carbocycles. The molecule has 14 heteroatoms. The van der Waals surface area contributed by atoms with Crippen LogP contribution in [-0.2, 0) is 30.4 Å². The third-order valence-electron chi connectivity index (χ3n) is 4.78. The van der Waals surface area contributed by atoms with Gasteiger partial charge < -0.3 is 42.6 Å². The number of aromatic amines is 1. The molecule has 4 amide bonds. The maximum atomic E-state index is 12.7. The van der Waals surface area contributed by atoms with E-state index in [1.165, 1.54) is 12.5 Å². The van der Waals surface area contributed by atoms with Crippen molar-refractivity contribution in [2.24, 2.45) is 17.4 Å². The lowest BCUT2D eigenvalue weighted by molar-refractivity contribution is -0.143. The van der Waals surface area contributed by atoms with E-state index in [4.69, 9.17) is 11.5 Å². The zero-order chi connectivity index (χ0) is 25.8. The zero-order valence-corrected chi connectivity index (χ0v) is 19.1. The molecule has 0 aliphatic rings. The number of hydrogen-bond donors (Lipinski definition) is 8. The molecule has 0 aliphatic heterocycles. The molecule has 1 rings (SSSR count). The molecule has 1 aromatic rings. The molecule has 0 spiro atoms. The van der Waals surface area contributed by atoms with Crippen LogP contribution in [0, 0.1) is 5.92 Å². The highest BCUT2D eigenvalue weighted by Gasteiger charge is 2.30. The van der Waals surface area contributed by atoms with Gasteiger partial charge in [0.05, 0.1) is 19.0 Å². The van der Waals surface area contributed by atoms with Gasteiger partial charge in [0.15, 0.2) is 0 Å². The minimum Gasteiger partial charge on any atom is -0.480 e. The van der Waals surface area contributed by atoms with Gasteiger partial charge in [0.25, 0.3) is 0 Å². The molecular formula is C20H33N7O7. The zero-order valence-electron chi connectivity index (χ0n) is 19.1. The summed E-state index contributed by atoms with van der Waals surface area (Å²) in [5, 5.41) is 25.9. The fourth-order valence-corrected chi connectivity index (χ4v) is 2.99. The summed E-state index contributed by atoms with van der Waals surface area (Å²) in [6.07, 6.45) is 2.65. The smallest absolute Gasteiger partial charge is 0.326 e. The van der Waals surface area contributed by atoms with Gasteiger partial charge in [0.1, 0.15) is 18.1 Å². The van der Waals surface area contributed by atoms with Crippen LogP contribution in [0.25, 0.3) is 0 Å². The molecule has 0 radical (unpaired) electrons. The van der Waals surface area contributed by atoms with Gasteiger partial charge in [-0.2, -0.15) is 0 Å². The van der Waals surface area contributed by atoms with Crippen molar-refractivity contribution in [2.45, 2.75) is 63.7 Å². The van der Waals surface area contributed by atoms with Crippen LogP contribution >= 0.6 is 0 Å². The molecule has 34 heavy (non-hydrogen) atoms. The van der Waals surface area contributed by atoms with Crippen LogP contribution in [0.4, 0.5) is 0 Å².